The van der Waals surface area contributed by atoms with Crippen molar-refractivity contribution in [2.75, 3.05) is 0 Å². The van der Waals surface area contributed by atoms with Crippen LogP contribution >= 0.6 is 0 Å². The van der Waals surface area contributed by atoms with Crippen molar-refractivity contribution in [2.24, 2.45) is 0 Å². The Morgan fingerprint density at radius 2 is 1.95 bits per heavy atom. The molecule has 5 heteroatoms. The van der Waals surface area contributed by atoms with E-state index in [0.29, 0.717) is 18.4 Å². The summed E-state index contributed by atoms with van der Waals surface area (Å²) in [6.45, 7) is 1.90. The summed E-state index contributed by atoms with van der Waals surface area (Å²) in [5.74, 6) is 1.36. The first-order chi connectivity index (χ1) is 9.58. The molecule has 0 heterocycles. The van der Waals surface area contributed by atoms with Gasteiger partial charge in [-0.25, -0.2) is 9.59 Å². The lowest BCUT2D eigenvalue weighted by molar-refractivity contribution is -0.139. The van der Waals surface area contributed by atoms with Crippen LogP contribution in [0.5, 0.6) is 0 Å². The molecular weight excluding hydrogens is 256 g/mol. The summed E-state index contributed by atoms with van der Waals surface area (Å²) in [7, 11) is 0. The minimum absolute atomic E-state index is 0.162. The molecule has 0 bridgehead atoms. The second kappa shape index (κ2) is 7.85. The average Bonchev–Trinajstić information content (AvgIpc) is 2.45. The van der Waals surface area contributed by atoms with Crippen LogP contribution in [-0.4, -0.2) is 23.1 Å². The van der Waals surface area contributed by atoms with Gasteiger partial charge in [0.05, 0.1) is 0 Å². The zero-order chi connectivity index (χ0) is 15.0. The minimum atomic E-state index is -1.11. The SMILES string of the molecule is C#CCC(CC)NC(=O)N[C@@H](C(=O)O)c1ccccc1. The van der Waals surface area contributed by atoms with Crippen LogP contribution in [0.15, 0.2) is 30.3 Å². The summed E-state index contributed by atoms with van der Waals surface area (Å²) in [6, 6.07) is 6.74. The molecular formula is C15H18N2O3. The quantitative estimate of drug-likeness (QED) is 0.693. The summed E-state index contributed by atoms with van der Waals surface area (Å²) in [5.41, 5.74) is 0.514. The molecule has 0 saturated carbocycles. The number of carbonyl (C=O) groups is 2. The van der Waals surface area contributed by atoms with Gasteiger partial charge in [0.2, 0.25) is 0 Å². The number of hydrogen-bond acceptors (Lipinski definition) is 2. The fourth-order valence-electron chi connectivity index (χ4n) is 1.73. The predicted molar refractivity (Wildman–Crippen MR) is 76.0 cm³/mol. The van der Waals surface area contributed by atoms with Gasteiger partial charge >= 0.3 is 12.0 Å². The van der Waals surface area contributed by atoms with Crippen molar-refractivity contribution in [3.8, 4) is 12.3 Å². The number of carboxylic acids is 1. The molecule has 20 heavy (non-hydrogen) atoms. The van der Waals surface area contributed by atoms with Gasteiger partial charge in [-0.05, 0) is 12.0 Å². The van der Waals surface area contributed by atoms with Gasteiger partial charge in [-0.15, -0.1) is 12.3 Å². The second-order valence-electron chi connectivity index (χ2n) is 4.31. The highest BCUT2D eigenvalue weighted by atomic mass is 16.4. The summed E-state index contributed by atoms with van der Waals surface area (Å²) in [4.78, 5) is 23.1. The zero-order valence-electron chi connectivity index (χ0n) is 11.3. The van der Waals surface area contributed by atoms with Crippen LogP contribution < -0.4 is 10.6 Å². The number of rotatable bonds is 6. The number of hydrogen-bond donors (Lipinski definition) is 3. The molecule has 0 spiro atoms. The first-order valence-corrected chi connectivity index (χ1v) is 6.36. The Hall–Kier alpha value is -2.48. The van der Waals surface area contributed by atoms with Crippen LogP contribution in [0.4, 0.5) is 4.79 Å². The Bertz CT molecular complexity index is 494. The van der Waals surface area contributed by atoms with Gasteiger partial charge in [0.25, 0.3) is 0 Å². The van der Waals surface area contributed by atoms with E-state index < -0.39 is 18.0 Å². The maximum absolute atomic E-state index is 11.8. The zero-order valence-corrected chi connectivity index (χ0v) is 11.3. The van der Waals surface area contributed by atoms with E-state index in [1.54, 1.807) is 30.3 Å². The van der Waals surface area contributed by atoms with Gasteiger partial charge in [0.15, 0.2) is 6.04 Å². The fourth-order valence-corrected chi connectivity index (χ4v) is 1.73. The highest BCUT2D eigenvalue weighted by Gasteiger charge is 2.22. The van der Waals surface area contributed by atoms with Gasteiger partial charge < -0.3 is 15.7 Å². The van der Waals surface area contributed by atoms with Crippen LogP contribution in [-0.2, 0) is 4.79 Å². The Labute approximate surface area is 118 Å². The highest BCUT2D eigenvalue weighted by molar-refractivity contribution is 5.83. The monoisotopic (exact) mass is 274 g/mol. The Morgan fingerprint density at radius 1 is 1.30 bits per heavy atom. The number of urea groups is 1. The molecule has 1 aromatic rings. The topological polar surface area (TPSA) is 78.4 Å². The van der Waals surface area contributed by atoms with E-state index in [9.17, 15) is 14.7 Å². The molecule has 1 aromatic carbocycles. The van der Waals surface area contributed by atoms with Crippen molar-refractivity contribution >= 4 is 12.0 Å². The lowest BCUT2D eigenvalue weighted by Crippen LogP contribution is -2.45. The van der Waals surface area contributed by atoms with E-state index in [-0.39, 0.29) is 6.04 Å². The standard InChI is InChI=1S/C15H18N2O3/c1-3-8-12(4-2)16-15(20)17-13(14(18)19)11-9-6-5-7-10-11/h1,5-7,9-10,12-13H,4,8H2,2H3,(H,18,19)(H2,16,17,20)/t12?,13-/m1/s1. The molecule has 0 aliphatic heterocycles. The number of carboxylic acid groups (broad SMARTS) is 1. The van der Waals surface area contributed by atoms with Crippen molar-refractivity contribution in [3.05, 3.63) is 35.9 Å². The van der Waals surface area contributed by atoms with E-state index in [1.165, 1.54) is 0 Å². The maximum Gasteiger partial charge on any atom is 0.330 e. The van der Waals surface area contributed by atoms with Gasteiger partial charge in [-0.1, -0.05) is 37.3 Å². The van der Waals surface area contributed by atoms with Gasteiger partial charge in [0, 0.05) is 12.5 Å². The molecule has 0 aliphatic rings. The molecule has 0 aromatic heterocycles. The molecule has 1 unspecified atom stereocenters. The van der Waals surface area contributed by atoms with Gasteiger partial charge in [-0.2, -0.15) is 0 Å². The highest BCUT2D eigenvalue weighted by Crippen LogP contribution is 2.12. The van der Waals surface area contributed by atoms with Crippen LogP contribution in [0, 0.1) is 12.3 Å². The maximum atomic E-state index is 11.8. The van der Waals surface area contributed by atoms with Crippen LogP contribution in [0.2, 0.25) is 0 Å². The first kappa shape index (κ1) is 15.6. The molecule has 1 rings (SSSR count). The number of carbonyl (C=O) groups excluding carboxylic acids is 1. The van der Waals surface area contributed by atoms with Crippen LogP contribution in [0.25, 0.3) is 0 Å². The third-order valence-corrected chi connectivity index (χ3v) is 2.85. The van der Waals surface area contributed by atoms with Crippen molar-refractivity contribution in [1.82, 2.24) is 10.6 Å². The Morgan fingerprint density at radius 3 is 2.45 bits per heavy atom. The normalized spacial score (nSPS) is 12.8. The molecule has 0 fully saturated rings. The summed E-state index contributed by atoms with van der Waals surface area (Å²) >= 11 is 0. The summed E-state index contributed by atoms with van der Waals surface area (Å²) in [6.07, 6.45) is 6.30. The van der Waals surface area contributed by atoms with Crippen molar-refractivity contribution in [2.45, 2.75) is 31.8 Å². The molecule has 2 amide bonds. The number of terminal acetylenes is 1. The van der Waals surface area contributed by atoms with Crippen molar-refractivity contribution < 1.29 is 14.7 Å². The molecule has 0 aliphatic carbocycles. The molecule has 0 saturated heterocycles. The van der Waals surface area contributed by atoms with Crippen LogP contribution in [0.3, 0.4) is 0 Å². The largest absolute Gasteiger partial charge is 0.479 e. The predicted octanol–water partition coefficient (Wildman–Crippen LogP) is 1.91. The smallest absolute Gasteiger partial charge is 0.330 e. The number of amides is 2. The Kier molecular flexibility index (Phi) is 6.11. The lowest BCUT2D eigenvalue weighted by atomic mass is 10.1. The van der Waals surface area contributed by atoms with E-state index in [0.717, 1.165) is 0 Å². The number of benzene rings is 1. The third kappa shape index (κ3) is 4.65. The van der Waals surface area contributed by atoms with E-state index in [4.69, 9.17) is 6.42 Å². The van der Waals surface area contributed by atoms with Crippen molar-refractivity contribution in [1.29, 1.82) is 0 Å². The fraction of sp³-hybridized carbons (Fsp3) is 0.333. The van der Waals surface area contributed by atoms with Gasteiger partial charge in [-0.3, -0.25) is 0 Å². The lowest BCUT2D eigenvalue weighted by Gasteiger charge is -2.19. The summed E-state index contributed by atoms with van der Waals surface area (Å²) in [5, 5.41) is 14.3. The van der Waals surface area contributed by atoms with E-state index in [1.807, 2.05) is 6.92 Å². The molecule has 3 N–H and O–H groups in total. The molecule has 2 atom stereocenters. The number of aliphatic carboxylic acids is 1. The molecule has 0 radical (unpaired) electrons. The van der Waals surface area contributed by atoms with Crippen LogP contribution in [0.1, 0.15) is 31.4 Å². The Balaban J connectivity index is 2.70. The average molecular weight is 274 g/mol. The first-order valence-electron chi connectivity index (χ1n) is 6.36. The third-order valence-electron chi connectivity index (χ3n) is 2.85. The van der Waals surface area contributed by atoms with E-state index in [2.05, 4.69) is 16.6 Å². The van der Waals surface area contributed by atoms with Crippen molar-refractivity contribution in [3.63, 3.8) is 0 Å². The summed E-state index contributed by atoms with van der Waals surface area (Å²) < 4.78 is 0. The van der Waals surface area contributed by atoms with Gasteiger partial charge in [0.1, 0.15) is 0 Å². The second-order valence-corrected chi connectivity index (χ2v) is 4.31. The number of nitrogens with one attached hydrogen (secondary N) is 2. The molecule has 106 valence electrons. The minimum Gasteiger partial charge on any atom is -0.479 e. The van der Waals surface area contributed by atoms with E-state index >= 15 is 0 Å². The molecule has 5 nitrogen and oxygen atoms in total.